The first kappa shape index (κ1) is 21.9. The number of rotatable bonds is 10. The highest BCUT2D eigenvalue weighted by molar-refractivity contribution is 5.43. The molecule has 29 heavy (non-hydrogen) atoms. The maximum atomic E-state index is 5.93. The lowest BCUT2D eigenvalue weighted by atomic mass is 9.76. The molecule has 1 atom stereocenters. The van der Waals surface area contributed by atoms with Crippen LogP contribution < -0.4 is 5.73 Å². The highest BCUT2D eigenvalue weighted by Crippen LogP contribution is 2.38. The van der Waals surface area contributed by atoms with Crippen LogP contribution in [0.1, 0.15) is 113 Å². The van der Waals surface area contributed by atoms with E-state index in [1.165, 1.54) is 81.8 Å². The third-order valence-electron chi connectivity index (χ3n) is 7.06. The molecular weight excluding hydrogens is 350 g/mol. The van der Waals surface area contributed by atoms with E-state index in [0.29, 0.717) is 5.92 Å². The third kappa shape index (κ3) is 6.36. The molecule has 2 N–H and O–H groups in total. The Balaban J connectivity index is 1.66. The van der Waals surface area contributed by atoms with E-state index in [-0.39, 0.29) is 0 Å². The molecule has 0 spiro atoms. The molecule has 1 nitrogen and oxygen atoms in total. The average molecular weight is 392 g/mol. The van der Waals surface area contributed by atoms with Gasteiger partial charge in [-0.25, -0.2) is 0 Å². The minimum atomic E-state index is 0.487. The van der Waals surface area contributed by atoms with Crippen LogP contribution in [0.25, 0.3) is 0 Å². The first-order valence-electron chi connectivity index (χ1n) is 12.2. The largest absolute Gasteiger partial charge is 0.399 e. The lowest BCUT2D eigenvalue weighted by molar-refractivity contribution is 0.304. The Labute approximate surface area is 179 Å². The van der Waals surface area contributed by atoms with E-state index < -0.39 is 0 Å². The first-order chi connectivity index (χ1) is 14.2. The van der Waals surface area contributed by atoms with Gasteiger partial charge in [-0.2, -0.15) is 0 Å². The van der Waals surface area contributed by atoms with Gasteiger partial charge in [-0.1, -0.05) is 88.8 Å². The molecule has 1 aliphatic carbocycles. The lowest BCUT2D eigenvalue weighted by Crippen LogP contribution is -2.13. The molecule has 0 amide bonds. The molecule has 2 aromatic carbocycles. The molecule has 1 aliphatic rings. The number of nitrogen functional groups attached to an aromatic ring is 1. The molecule has 0 saturated heterocycles. The Bertz CT molecular complexity index is 692. The van der Waals surface area contributed by atoms with Crippen LogP contribution in [0.3, 0.4) is 0 Å². The van der Waals surface area contributed by atoms with Crippen molar-refractivity contribution in [2.24, 2.45) is 5.92 Å². The number of hydrogen-bond donors (Lipinski definition) is 1. The molecule has 1 fully saturated rings. The van der Waals surface area contributed by atoms with Gasteiger partial charge in [-0.05, 0) is 72.8 Å². The standard InChI is InChI=1S/C28H41N/c1-3-5-7-9-28(26-18-20-27(29)21-19-26)25-16-14-24(15-17-25)23-12-10-22(11-13-23)8-6-4-2/h14-23,28H,3-13,29H2,1-2H3. The van der Waals surface area contributed by atoms with Crippen LogP contribution in [0.4, 0.5) is 5.69 Å². The molecular formula is C28H41N. The highest BCUT2D eigenvalue weighted by atomic mass is 14.5. The Morgan fingerprint density at radius 1 is 0.759 bits per heavy atom. The van der Waals surface area contributed by atoms with E-state index in [2.05, 4.69) is 50.2 Å². The van der Waals surface area contributed by atoms with Crippen LogP contribution in [-0.4, -0.2) is 0 Å². The summed E-state index contributed by atoms with van der Waals surface area (Å²) >= 11 is 0. The normalized spacial score (nSPS) is 20.5. The summed E-state index contributed by atoms with van der Waals surface area (Å²) in [4.78, 5) is 0. The molecule has 0 aliphatic heterocycles. The monoisotopic (exact) mass is 391 g/mol. The molecule has 0 bridgehead atoms. The molecule has 1 heteroatoms. The van der Waals surface area contributed by atoms with Gasteiger partial charge in [0.1, 0.15) is 0 Å². The zero-order chi connectivity index (χ0) is 20.5. The van der Waals surface area contributed by atoms with E-state index in [0.717, 1.165) is 17.5 Å². The predicted octanol–water partition coefficient (Wildman–Crippen LogP) is 8.45. The fourth-order valence-electron chi connectivity index (χ4n) is 5.13. The summed E-state index contributed by atoms with van der Waals surface area (Å²) in [5.41, 5.74) is 11.2. The maximum Gasteiger partial charge on any atom is 0.0314 e. The number of unbranched alkanes of at least 4 members (excludes halogenated alkanes) is 3. The summed E-state index contributed by atoms with van der Waals surface area (Å²) in [5.74, 6) is 2.25. The fraction of sp³-hybridized carbons (Fsp3) is 0.571. The molecule has 2 aromatic rings. The fourth-order valence-corrected chi connectivity index (χ4v) is 5.13. The van der Waals surface area contributed by atoms with Crippen LogP contribution in [0.15, 0.2) is 48.5 Å². The zero-order valence-electron chi connectivity index (χ0n) is 18.7. The summed E-state index contributed by atoms with van der Waals surface area (Å²) < 4.78 is 0. The molecule has 158 valence electrons. The van der Waals surface area contributed by atoms with Crippen LogP contribution in [-0.2, 0) is 0 Å². The van der Waals surface area contributed by atoms with E-state index in [1.807, 2.05) is 12.1 Å². The van der Waals surface area contributed by atoms with Gasteiger partial charge in [0, 0.05) is 11.6 Å². The minimum absolute atomic E-state index is 0.487. The highest BCUT2D eigenvalue weighted by Gasteiger charge is 2.22. The van der Waals surface area contributed by atoms with Crippen LogP contribution in [0.2, 0.25) is 0 Å². The molecule has 3 rings (SSSR count). The van der Waals surface area contributed by atoms with Gasteiger partial charge in [0.05, 0.1) is 0 Å². The van der Waals surface area contributed by atoms with E-state index >= 15 is 0 Å². The maximum absolute atomic E-state index is 5.93. The van der Waals surface area contributed by atoms with Crippen molar-refractivity contribution in [3.05, 3.63) is 65.2 Å². The van der Waals surface area contributed by atoms with Gasteiger partial charge < -0.3 is 5.73 Å². The SMILES string of the molecule is CCCCCC(c1ccc(N)cc1)c1ccc(C2CCC(CCCC)CC2)cc1. The van der Waals surface area contributed by atoms with Crippen molar-refractivity contribution >= 4 is 5.69 Å². The van der Waals surface area contributed by atoms with Crippen molar-refractivity contribution in [2.75, 3.05) is 5.73 Å². The lowest BCUT2D eigenvalue weighted by Gasteiger charge is -2.29. The Morgan fingerprint density at radius 2 is 1.34 bits per heavy atom. The summed E-state index contributed by atoms with van der Waals surface area (Å²) in [6.07, 6.45) is 14.9. The summed E-state index contributed by atoms with van der Waals surface area (Å²) in [5, 5.41) is 0. The van der Waals surface area contributed by atoms with Crippen LogP contribution >= 0.6 is 0 Å². The van der Waals surface area contributed by atoms with Crippen molar-refractivity contribution in [1.82, 2.24) is 0 Å². The zero-order valence-corrected chi connectivity index (χ0v) is 18.7. The average Bonchev–Trinajstić information content (AvgIpc) is 2.77. The molecule has 0 radical (unpaired) electrons. The van der Waals surface area contributed by atoms with E-state index in [9.17, 15) is 0 Å². The van der Waals surface area contributed by atoms with Gasteiger partial charge in [-0.15, -0.1) is 0 Å². The quantitative estimate of drug-likeness (QED) is 0.319. The summed E-state index contributed by atoms with van der Waals surface area (Å²) in [6.45, 7) is 4.59. The summed E-state index contributed by atoms with van der Waals surface area (Å²) in [6, 6.07) is 18.2. The molecule has 0 heterocycles. The number of hydrogen-bond acceptors (Lipinski definition) is 1. The van der Waals surface area contributed by atoms with Crippen LogP contribution in [0, 0.1) is 5.92 Å². The van der Waals surface area contributed by atoms with Crippen LogP contribution in [0.5, 0.6) is 0 Å². The Morgan fingerprint density at radius 3 is 1.93 bits per heavy atom. The van der Waals surface area contributed by atoms with Crippen molar-refractivity contribution in [3.8, 4) is 0 Å². The number of nitrogens with two attached hydrogens (primary N) is 1. The van der Waals surface area contributed by atoms with E-state index in [1.54, 1.807) is 5.56 Å². The predicted molar refractivity (Wildman–Crippen MR) is 128 cm³/mol. The second-order valence-corrected chi connectivity index (χ2v) is 9.24. The number of benzene rings is 2. The van der Waals surface area contributed by atoms with Gasteiger partial charge in [0.2, 0.25) is 0 Å². The smallest absolute Gasteiger partial charge is 0.0314 e. The topological polar surface area (TPSA) is 26.0 Å². The second kappa shape index (κ2) is 11.4. The number of anilines is 1. The Hall–Kier alpha value is -1.76. The van der Waals surface area contributed by atoms with Gasteiger partial charge in [0.15, 0.2) is 0 Å². The molecule has 1 unspecified atom stereocenters. The third-order valence-corrected chi connectivity index (χ3v) is 7.06. The minimum Gasteiger partial charge on any atom is -0.399 e. The van der Waals surface area contributed by atoms with Gasteiger partial charge in [0.25, 0.3) is 0 Å². The van der Waals surface area contributed by atoms with E-state index in [4.69, 9.17) is 5.73 Å². The summed E-state index contributed by atoms with van der Waals surface area (Å²) in [7, 11) is 0. The second-order valence-electron chi connectivity index (χ2n) is 9.24. The van der Waals surface area contributed by atoms with Crippen molar-refractivity contribution in [2.45, 2.75) is 96.3 Å². The molecule has 1 saturated carbocycles. The first-order valence-corrected chi connectivity index (χ1v) is 12.2. The van der Waals surface area contributed by atoms with Crippen molar-refractivity contribution in [1.29, 1.82) is 0 Å². The molecule has 0 aromatic heterocycles. The Kier molecular flexibility index (Phi) is 8.65. The van der Waals surface area contributed by atoms with Crippen molar-refractivity contribution < 1.29 is 0 Å². The van der Waals surface area contributed by atoms with Crippen molar-refractivity contribution in [3.63, 3.8) is 0 Å². The van der Waals surface area contributed by atoms with Gasteiger partial charge in [-0.3, -0.25) is 0 Å². The van der Waals surface area contributed by atoms with Gasteiger partial charge >= 0.3 is 0 Å².